The fraction of sp³-hybridized carbons (Fsp3) is 0.579. The van der Waals surface area contributed by atoms with Crippen molar-refractivity contribution >= 4 is 41.5 Å². The molecule has 0 aliphatic carbocycles. The Hall–Kier alpha value is -1.39. The molecule has 1 aliphatic rings. The van der Waals surface area contributed by atoms with Crippen molar-refractivity contribution in [2.24, 2.45) is 10.4 Å². The minimum absolute atomic E-state index is 0. The average Bonchev–Trinajstić information content (AvgIpc) is 3.11. The third kappa shape index (κ3) is 7.63. The first-order chi connectivity index (χ1) is 12.6. The zero-order valence-corrected chi connectivity index (χ0v) is 18.4. The third-order valence-corrected chi connectivity index (χ3v) is 4.72. The minimum Gasteiger partial charge on any atom is -0.396 e. The van der Waals surface area contributed by atoms with E-state index < -0.39 is 0 Å². The molecule has 8 heteroatoms. The lowest BCUT2D eigenvalue weighted by Crippen LogP contribution is -2.46. The van der Waals surface area contributed by atoms with Crippen LogP contribution in [0.3, 0.4) is 0 Å². The smallest absolute Gasteiger partial charge is 0.243 e. The molecular formula is C19H31IN4O3. The monoisotopic (exact) mass is 490 g/mol. The SMILES string of the molecule is CCc1cccc(NC(=O)CNC(=NC)NCC2(CCO)CCOC2)c1.I. The molecule has 27 heavy (non-hydrogen) atoms. The van der Waals surface area contributed by atoms with Crippen LogP contribution in [0.2, 0.25) is 0 Å². The topological polar surface area (TPSA) is 95.0 Å². The Kier molecular flexibility index (Phi) is 10.6. The Labute approximate surface area is 178 Å². The van der Waals surface area contributed by atoms with Gasteiger partial charge >= 0.3 is 0 Å². The molecule has 152 valence electrons. The van der Waals surface area contributed by atoms with Crippen LogP contribution in [0.4, 0.5) is 5.69 Å². The Morgan fingerprint density at radius 2 is 2.19 bits per heavy atom. The summed E-state index contributed by atoms with van der Waals surface area (Å²) in [4.78, 5) is 16.3. The van der Waals surface area contributed by atoms with E-state index in [-0.39, 0.29) is 48.5 Å². The van der Waals surface area contributed by atoms with E-state index in [2.05, 4.69) is 27.9 Å². The summed E-state index contributed by atoms with van der Waals surface area (Å²) in [6.07, 6.45) is 2.52. The first kappa shape index (κ1) is 23.6. The number of anilines is 1. The summed E-state index contributed by atoms with van der Waals surface area (Å²) in [7, 11) is 1.67. The molecule has 1 unspecified atom stereocenters. The number of hydrogen-bond acceptors (Lipinski definition) is 4. The van der Waals surface area contributed by atoms with Crippen LogP contribution in [0.25, 0.3) is 0 Å². The zero-order valence-electron chi connectivity index (χ0n) is 16.1. The van der Waals surface area contributed by atoms with Gasteiger partial charge in [0, 0.05) is 37.9 Å². The van der Waals surface area contributed by atoms with Crippen LogP contribution in [-0.4, -0.2) is 56.9 Å². The molecule has 1 amide bonds. The van der Waals surface area contributed by atoms with Crippen molar-refractivity contribution in [1.29, 1.82) is 0 Å². The maximum absolute atomic E-state index is 12.1. The standard InChI is InChI=1S/C19H30N4O3.HI/c1-3-15-5-4-6-16(11-15)23-17(25)12-21-18(20-2)22-13-19(7-9-24)8-10-26-14-19;/h4-6,11,24H,3,7-10,12-14H2,1-2H3,(H,23,25)(H2,20,21,22);1H. The maximum atomic E-state index is 12.1. The van der Waals surface area contributed by atoms with Gasteiger partial charge in [0.2, 0.25) is 5.91 Å². The molecule has 1 aromatic rings. The van der Waals surface area contributed by atoms with Crippen molar-refractivity contribution < 1.29 is 14.6 Å². The van der Waals surface area contributed by atoms with Crippen molar-refractivity contribution in [3.05, 3.63) is 29.8 Å². The van der Waals surface area contributed by atoms with Crippen molar-refractivity contribution in [1.82, 2.24) is 10.6 Å². The Morgan fingerprint density at radius 3 is 2.81 bits per heavy atom. The van der Waals surface area contributed by atoms with Crippen LogP contribution < -0.4 is 16.0 Å². The molecule has 0 aromatic heterocycles. The highest BCUT2D eigenvalue weighted by Gasteiger charge is 2.34. The number of carbonyl (C=O) groups is 1. The van der Waals surface area contributed by atoms with E-state index in [9.17, 15) is 9.90 Å². The predicted octanol–water partition coefficient (Wildman–Crippen LogP) is 1.76. The lowest BCUT2D eigenvalue weighted by atomic mass is 9.84. The van der Waals surface area contributed by atoms with Gasteiger partial charge in [-0.25, -0.2) is 0 Å². The van der Waals surface area contributed by atoms with E-state index >= 15 is 0 Å². The second-order valence-electron chi connectivity index (χ2n) is 6.66. The fourth-order valence-electron chi connectivity index (χ4n) is 3.04. The molecule has 0 spiro atoms. The van der Waals surface area contributed by atoms with Crippen molar-refractivity contribution in [2.75, 3.05) is 45.3 Å². The van der Waals surface area contributed by atoms with Gasteiger partial charge in [-0.05, 0) is 37.0 Å². The largest absolute Gasteiger partial charge is 0.396 e. The summed E-state index contributed by atoms with van der Waals surface area (Å²) < 4.78 is 5.49. The normalized spacial score (nSPS) is 19.3. The van der Waals surface area contributed by atoms with E-state index in [4.69, 9.17) is 4.74 Å². The Morgan fingerprint density at radius 1 is 1.37 bits per heavy atom. The highest BCUT2D eigenvalue weighted by molar-refractivity contribution is 14.0. The van der Waals surface area contributed by atoms with Gasteiger partial charge in [0.1, 0.15) is 0 Å². The summed E-state index contributed by atoms with van der Waals surface area (Å²) in [5, 5.41) is 18.4. The number of hydrogen-bond donors (Lipinski definition) is 4. The molecule has 1 fully saturated rings. The zero-order chi connectivity index (χ0) is 18.8. The van der Waals surface area contributed by atoms with Gasteiger partial charge in [0.15, 0.2) is 5.96 Å². The number of aliphatic imine (C=N–C) groups is 1. The van der Waals surface area contributed by atoms with E-state index in [1.54, 1.807) is 7.05 Å². The molecule has 1 aromatic carbocycles. The minimum atomic E-state index is -0.129. The van der Waals surface area contributed by atoms with Crippen LogP contribution in [0.15, 0.2) is 29.3 Å². The second-order valence-corrected chi connectivity index (χ2v) is 6.66. The second kappa shape index (κ2) is 12.1. The lowest BCUT2D eigenvalue weighted by molar-refractivity contribution is -0.115. The number of amides is 1. The van der Waals surface area contributed by atoms with Crippen LogP contribution in [-0.2, 0) is 16.0 Å². The quantitative estimate of drug-likeness (QED) is 0.253. The van der Waals surface area contributed by atoms with Gasteiger partial charge in [0.25, 0.3) is 0 Å². The number of aliphatic hydroxyl groups excluding tert-OH is 1. The third-order valence-electron chi connectivity index (χ3n) is 4.72. The predicted molar refractivity (Wildman–Crippen MR) is 119 cm³/mol. The van der Waals surface area contributed by atoms with Gasteiger partial charge < -0.3 is 25.8 Å². The molecule has 1 heterocycles. The highest BCUT2D eigenvalue weighted by Crippen LogP contribution is 2.31. The summed E-state index contributed by atoms with van der Waals surface area (Å²) >= 11 is 0. The maximum Gasteiger partial charge on any atom is 0.243 e. The number of carbonyl (C=O) groups excluding carboxylic acids is 1. The van der Waals surface area contributed by atoms with Crippen molar-refractivity contribution in [3.63, 3.8) is 0 Å². The number of nitrogens with one attached hydrogen (secondary N) is 3. The van der Waals surface area contributed by atoms with E-state index in [1.165, 1.54) is 5.56 Å². The number of nitrogens with zero attached hydrogens (tertiary/aromatic N) is 1. The molecule has 0 bridgehead atoms. The number of ether oxygens (including phenoxy) is 1. The number of rotatable bonds is 8. The van der Waals surface area contributed by atoms with E-state index in [0.717, 1.165) is 18.5 Å². The van der Waals surface area contributed by atoms with Crippen molar-refractivity contribution in [2.45, 2.75) is 26.2 Å². The van der Waals surface area contributed by atoms with Gasteiger partial charge in [-0.2, -0.15) is 0 Å². The summed E-state index contributed by atoms with van der Waals surface area (Å²) in [5.41, 5.74) is 1.90. The number of aryl methyl sites for hydroxylation is 1. The van der Waals surface area contributed by atoms with Crippen LogP contribution >= 0.6 is 24.0 Å². The Balaban J connectivity index is 0.00000364. The molecule has 0 saturated carbocycles. The fourth-order valence-corrected chi connectivity index (χ4v) is 3.04. The number of aliphatic hydroxyl groups is 1. The van der Waals surface area contributed by atoms with E-state index in [0.29, 0.717) is 32.1 Å². The molecule has 0 radical (unpaired) electrons. The van der Waals surface area contributed by atoms with Crippen molar-refractivity contribution in [3.8, 4) is 0 Å². The summed E-state index contributed by atoms with van der Waals surface area (Å²) in [6, 6.07) is 7.83. The molecule has 4 N–H and O–H groups in total. The summed E-state index contributed by atoms with van der Waals surface area (Å²) in [6.45, 7) is 4.33. The molecule has 1 aliphatic heterocycles. The first-order valence-electron chi connectivity index (χ1n) is 9.13. The number of halogens is 1. The average molecular weight is 490 g/mol. The van der Waals surface area contributed by atoms with Gasteiger partial charge in [-0.15, -0.1) is 24.0 Å². The van der Waals surface area contributed by atoms with E-state index in [1.807, 2.05) is 24.3 Å². The molecule has 1 atom stereocenters. The first-order valence-corrected chi connectivity index (χ1v) is 9.13. The highest BCUT2D eigenvalue weighted by atomic mass is 127. The molecule has 7 nitrogen and oxygen atoms in total. The van der Waals surface area contributed by atoms with Gasteiger partial charge in [0.05, 0.1) is 13.2 Å². The molecule has 2 rings (SSSR count). The van der Waals surface area contributed by atoms with Crippen LogP contribution in [0, 0.1) is 5.41 Å². The lowest BCUT2D eigenvalue weighted by Gasteiger charge is -2.27. The Bertz CT molecular complexity index is 619. The van der Waals surface area contributed by atoms with Gasteiger partial charge in [-0.1, -0.05) is 19.1 Å². The van der Waals surface area contributed by atoms with Gasteiger partial charge in [-0.3, -0.25) is 9.79 Å². The molecule has 1 saturated heterocycles. The summed E-state index contributed by atoms with van der Waals surface area (Å²) in [5.74, 6) is 0.433. The molecular weight excluding hydrogens is 459 g/mol. The number of benzene rings is 1. The number of guanidine groups is 1. The van der Waals surface area contributed by atoms with Crippen LogP contribution in [0.5, 0.6) is 0 Å². The van der Waals surface area contributed by atoms with Crippen LogP contribution in [0.1, 0.15) is 25.3 Å².